The molecule has 1 heterocycles. The minimum atomic E-state index is -0.217. The molecule has 0 aliphatic rings. The number of nitriles is 1. The van der Waals surface area contributed by atoms with Gasteiger partial charge in [-0.1, -0.05) is 12.1 Å². The first-order valence-corrected chi connectivity index (χ1v) is 6.08. The molecule has 0 spiro atoms. The van der Waals surface area contributed by atoms with Crippen LogP contribution < -0.4 is 5.32 Å². The Bertz CT molecular complexity index is 525. The van der Waals surface area contributed by atoms with Crippen molar-refractivity contribution in [3.8, 4) is 6.07 Å². The van der Waals surface area contributed by atoms with Gasteiger partial charge in [-0.25, -0.2) is 4.39 Å². The van der Waals surface area contributed by atoms with Crippen LogP contribution in [0.5, 0.6) is 0 Å². The minimum absolute atomic E-state index is 0.217. The number of hydrogen-bond donors (Lipinski definition) is 1. The average molecular weight is 246 g/mol. The smallest absolute Gasteiger partial charge is 0.123 e. The Balaban J connectivity index is 1.83. The normalized spacial score (nSPS) is 10.1. The molecule has 4 heteroatoms. The Kier molecular flexibility index (Phi) is 3.86. The lowest BCUT2D eigenvalue weighted by atomic mass is 10.2. The lowest BCUT2D eigenvalue weighted by molar-refractivity contribution is 0.625. The molecular weight excluding hydrogens is 235 g/mol. The van der Waals surface area contributed by atoms with Crippen molar-refractivity contribution < 1.29 is 4.39 Å². The summed E-state index contributed by atoms with van der Waals surface area (Å²) in [6.07, 6.45) is 0. The summed E-state index contributed by atoms with van der Waals surface area (Å²) in [5.74, 6) is -0.217. The fourth-order valence-corrected chi connectivity index (χ4v) is 2.24. The number of benzene rings is 1. The molecule has 0 fully saturated rings. The predicted octanol–water partition coefficient (Wildman–Crippen LogP) is 3.05. The minimum Gasteiger partial charge on any atom is -0.308 e. The first-order valence-electron chi connectivity index (χ1n) is 5.20. The molecule has 1 aromatic carbocycles. The van der Waals surface area contributed by atoms with Crippen LogP contribution in [-0.2, 0) is 13.1 Å². The highest BCUT2D eigenvalue weighted by Gasteiger charge is 1.99. The van der Waals surface area contributed by atoms with Gasteiger partial charge in [0, 0.05) is 23.3 Å². The largest absolute Gasteiger partial charge is 0.308 e. The van der Waals surface area contributed by atoms with Crippen LogP contribution in [0.1, 0.15) is 16.0 Å². The van der Waals surface area contributed by atoms with Crippen LogP contribution in [0.4, 0.5) is 4.39 Å². The number of thiophene rings is 1. The quantitative estimate of drug-likeness (QED) is 0.900. The third-order valence-corrected chi connectivity index (χ3v) is 3.26. The Labute approximate surface area is 103 Å². The van der Waals surface area contributed by atoms with E-state index >= 15 is 0 Å². The van der Waals surface area contributed by atoms with E-state index in [0.29, 0.717) is 12.1 Å². The molecule has 2 rings (SSSR count). The summed E-state index contributed by atoms with van der Waals surface area (Å²) in [5, 5.41) is 13.8. The highest BCUT2D eigenvalue weighted by molar-refractivity contribution is 7.10. The number of nitrogens with one attached hydrogen (secondary N) is 1. The summed E-state index contributed by atoms with van der Waals surface area (Å²) in [6.45, 7) is 1.42. The Morgan fingerprint density at radius 2 is 2.00 bits per heavy atom. The summed E-state index contributed by atoms with van der Waals surface area (Å²) in [7, 11) is 0. The van der Waals surface area contributed by atoms with Gasteiger partial charge < -0.3 is 5.32 Å². The lowest BCUT2D eigenvalue weighted by Crippen LogP contribution is -2.11. The molecule has 0 atom stereocenters. The van der Waals surface area contributed by atoms with E-state index in [1.807, 2.05) is 11.4 Å². The van der Waals surface area contributed by atoms with Crippen molar-refractivity contribution in [3.05, 3.63) is 57.5 Å². The van der Waals surface area contributed by atoms with Gasteiger partial charge in [0.2, 0.25) is 0 Å². The van der Waals surface area contributed by atoms with Gasteiger partial charge in [-0.3, -0.25) is 0 Å². The van der Waals surface area contributed by atoms with Gasteiger partial charge in [-0.2, -0.15) is 5.26 Å². The van der Waals surface area contributed by atoms with Crippen LogP contribution in [-0.4, -0.2) is 0 Å². The van der Waals surface area contributed by atoms with E-state index in [0.717, 1.165) is 17.0 Å². The molecule has 17 heavy (non-hydrogen) atoms. The zero-order valence-electron chi connectivity index (χ0n) is 9.11. The van der Waals surface area contributed by atoms with Crippen LogP contribution >= 0.6 is 11.3 Å². The lowest BCUT2D eigenvalue weighted by Gasteiger charge is -2.02. The molecule has 0 radical (unpaired) electrons. The Morgan fingerprint density at radius 3 is 2.65 bits per heavy atom. The molecule has 0 amide bonds. The van der Waals surface area contributed by atoms with Gasteiger partial charge in [0.15, 0.2) is 0 Å². The van der Waals surface area contributed by atoms with Crippen LogP contribution in [0.2, 0.25) is 0 Å². The standard InChI is InChI=1S/C13H11FN2S/c14-12-3-1-10(2-4-12)7-16-8-13-5-11(6-15)9-17-13/h1-5,9,16H,7-8H2. The molecule has 0 unspecified atom stereocenters. The van der Waals surface area contributed by atoms with Crippen LogP contribution in [0.15, 0.2) is 35.7 Å². The first kappa shape index (κ1) is 11.8. The van der Waals surface area contributed by atoms with Crippen molar-refractivity contribution in [2.45, 2.75) is 13.1 Å². The fraction of sp³-hybridized carbons (Fsp3) is 0.154. The van der Waals surface area contributed by atoms with E-state index in [-0.39, 0.29) is 5.82 Å². The Hall–Kier alpha value is -1.70. The molecule has 1 aromatic heterocycles. The van der Waals surface area contributed by atoms with Crippen LogP contribution in [0, 0.1) is 17.1 Å². The maximum Gasteiger partial charge on any atom is 0.123 e. The van der Waals surface area contributed by atoms with Crippen LogP contribution in [0.3, 0.4) is 0 Å². The Morgan fingerprint density at radius 1 is 1.24 bits per heavy atom. The summed E-state index contributed by atoms with van der Waals surface area (Å²) in [6, 6.07) is 10.4. The number of hydrogen-bond acceptors (Lipinski definition) is 3. The second-order valence-electron chi connectivity index (χ2n) is 3.64. The molecular formula is C13H11FN2S. The van der Waals surface area contributed by atoms with Crippen molar-refractivity contribution in [1.82, 2.24) is 5.32 Å². The molecule has 0 aliphatic carbocycles. The maximum atomic E-state index is 12.7. The zero-order valence-corrected chi connectivity index (χ0v) is 9.93. The number of rotatable bonds is 4. The molecule has 1 N–H and O–H groups in total. The molecule has 0 saturated heterocycles. The van der Waals surface area contributed by atoms with Gasteiger partial charge in [0.05, 0.1) is 5.56 Å². The summed E-state index contributed by atoms with van der Waals surface area (Å²) in [5.41, 5.74) is 1.75. The molecule has 86 valence electrons. The van der Waals surface area contributed by atoms with Crippen molar-refractivity contribution in [2.24, 2.45) is 0 Å². The highest BCUT2D eigenvalue weighted by Crippen LogP contribution is 2.13. The van der Waals surface area contributed by atoms with E-state index < -0.39 is 0 Å². The second kappa shape index (κ2) is 5.58. The van der Waals surface area contributed by atoms with E-state index in [1.54, 1.807) is 23.5 Å². The average Bonchev–Trinajstić information content (AvgIpc) is 2.80. The van der Waals surface area contributed by atoms with E-state index in [1.165, 1.54) is 12.1 Å². The van der Waals surface area contributed by atoms with Crippen molar-refractivity contribution >= 4 is 11.3 Å². The van der Waals surface area contributed by atoms with Crippen molar-refractivity contribution in [3.63, 3.8) is 0 Å². The van der Waals surface area contributed by atoms with E-state index in [9.17, 15) is 4.39 Å². The summed E-state index contributed by atoms with van der Waals surface area (Å²) >= 11 is 1.57. The predicted molar refractivity (Wildman–Crippen MR) is 66.0 cm³/mol. The van der Waals surface area contributed by atoms with Crippen molar-refractivity contribution in [1.29, 1.82) is 5.26 Å². The van der Waals surface area contributed by atoms with Gasteiger partial charge in [-0.15, -0.1) is 11.3 Å². The SMILES string of the molecule is N#Cc1csc(CNCc2ccc(F)cc2)c1. The molecule has 2 aromatic rings. The van der Waals surface area contributed by atoms with E-state index in [4.69, 9.17) is 5.26 Å². The molecule has 0 aliphatic heterocycles. The third kappa shape index (κ3) is 3.38. The topological polar surface area (TPSA) is 35.8 Å². The third-order valence-electron chi connectivity index (χ3n) is 2.32. The highest BCUT2D eigenvalue weighted by atomic mass is 32.1. The molecule has 0 saturated carbocycles. The zero-order chi connectivity index (χ0) is 12.1. The van der Waals surface area contributed by atoms with Gasteiger partial charge in [0.1, 0.15) is 11.9 Å². The summed E-state index contributed by atoms with van der Waals surface area (Å²) < 4.78 is 12.7. The van der Waals surface area contributed by atoms with Gasteiger partial charge in [-0.05, 0) is 23.8 Å². The molecule has 0 bridgehead atoms. The van der Waals surface area contributed by atoms with Gasteiger partial charge in [0.25, 0.3) is 0 Å². The second-order valence-corrected chi connectivity index (χ2v) is 4.64. The van der Waals surface area contributed by atoms with E-state index in [2.05, 4.69) is 11.4 Å². The monoisotopic (exact) mass is 246 g/mol. The summed E-state index contributed by atoms with van der Waals surface area (Å²) in [4.78, 5) is 1.13. The van der Waals surface area contributed by atoms with Crippen molar-refractivity contribution in [2.75, 3.05) is 0 Å². The van der Waals surface area contributed by atoms with Gasteiger partial charge >= 0.3 is 0 Å². The maximum absolute atomic E-state index is 12.7. The first-order chi connectivity index (χ1) is 8.28. The number of nitrogens with zero attached hydrogens (tertiary/aromatic N) is 1. The van der Waals surface area contributed by atoms with Crippen LogP contribution in [0.25, 0.3) is 0 Å². The molecule has 2 nitrogen and oxygen atoms in total. The number of halogens is 1. The fourth-order valence-electron chi connectivity index (χ4n) is 1.46.